The van der Waals surface area contributed by atoms with Crippen molar-refractivity contribution < 1.29 is 9.53 Å². The Kier molecular flexibility index (Phi) is 4.33. The van der Waals surface area contributed by atoms with Gasteiger partial charge in [-0.05, 0) is 36.8 Å². The third-order valence-electron chi connectivity index (χ3n) is 3.73. The lowest BCUT2D eigenvalue weighted by Crippen LogP contribution is -2.34. The van der Waals surface area contributed by atoms with Gasteiger partial charge in [0.2, 0.25) is 5.91 Å². The first-order valence-corrected chi connectivity index (χ1v) is 7.53. The molecule has 0 aliphatic carbocycles. The number of ether oxygens (including phenoxy) is 1. The van der Waals surface area contributed by atoms with Gasteiger partial charge in [-0.15, -0.1) is 0 Å². The number of hydrogen-bond acceptors (Lipinski definition) is 4. The smallest absolute Gasteiger partial charge is 0.291 e. The zero-order valence-electron chi connectivity index (χ0n) is 13.5. The van der Waals surface area contributed by atoms with E-state index in [-0.39, 0.29) is 18.0 Å². The van der Waals surface area contributed by atoms with Gasteiger partial charge in [-0.3, -0.25) is 14.0 Å². The Bertz CT molecular complexity index is 942. The molecule has 0 radical (unpaired) electrons. The molecule has 3 rings (SSSR count). The molecule has 7 heteroatoms. The molecule has 1 N–H and O–H groups in total. The second-order valence-corrected chi connectivity index (χ2v) is 5.40. The zero-order valence-corrected chi connectivity index (χ0v) is 13.5. The maximum Gasteiger partial charge on any atom is 0.291 e. The number of hydrogen-bond donors (Lipinski definition) is 1. The highest BCUT2D eigenvalue weighted by atomic mass is 16.5. The predicted octanol–water partition coefficient (Wildman–Crippen LogP) is 1.13. The summed E-state index contributed by atoms with van der Waals surface area (Å²) < 4.78 is 8.04. The minimum Gasteiger partial charge on any atom is -0.497 e. The molecule has 2 aromatic heterocycles. The van der Waals surface area contributed by atoms with Crippen LogP contribution in [0.15, 0.2) is 47.4 Å². The number of rotatable bonds is 5. The molecule has 0 aliphatic rings. The van der Waals surface area contributed by atoms with Crippen LogP contribution in [0.2, 0.25) is 0 Å². The fourth-order valence-electron chi connectivity index (χ4n) is 2.52. The van der Waals surface area contributed by atoms with Crippen molar-refractivity contribution in [3.8, 4) is 5.75 Å². The molecule has 2 heterocycles. The summed E-state index contributed by atoms with van der Waals surface area (Å²) in [5, 5.41) is 6.97. The van der Waals surface area contributed by atoms with Gasteiger partial charge in [-0.2, -0.15) is 5.10 Å². The summed E-state index contributed by atoms with van der Waals surface area (Å²) in [5.74, 6) is 1.10. The highest BCUT2D eigenvalue weighted by molar-refractivity contribution is 5.75. The Balaban J connectivity index is 1.71. The maximum absolute atomic E-state index is 12.3. The topological polar surface area (TPSA) is 77.6 Å². The van der Waals surface area contributed by atoms with Crippen LogP contribution in [-0.2, 0) is 17.9 Å². The van der Waals surface area contributed by atoms with E-state index in [0.717, 1.165) is 11.3 Å². The van der Waals surface area contributed by atoms with Gasteiger partial charge < -0.3 is 10.1 Å². The number of aryl methyl sites for hydroxylation is 1. The second kappa shape index (κ2) is 6.57. The van der Waals surface area contributed by atoms with Crippen LogP contribution < -0.4 is 15.6 Å². The third kappa shape index (κ3) is 3.15. The van der Waals surface area contributed by atoms with Crippen LogP contribution in [0.4, 0.5) is 0 Å². The number of aromatic nitrogens is 3. The number of methoxy groups -OCH3 is 1. The number of carbonyl (C=O) groups is 1. The van der Waals surface area contributed by atoms with E-state index >= 15 is 0 Å². The number of amides is 1. The van der Waals surface area contributed by atoms with Crippen LogP contribution in [-0.4, -0.2) is 27.2 Å². The van der Waals surface area contributed by atoms with Crippen LogP contribution in [0.3, 0.4) is 0 Å². The number of carbonyl (C=O) groups excluding carboxylic acids is 1. The lowest BCUT2D eigenvalue weighted by molar-refractivity contribution is -0.122. The average molecular weight is 326 g/mol. The highest BCUT2D eigenvalue weighted by Gasteiger charge is 2.10. The Hall–Kier alpha value is -3.09. The summed E-state index contributed by atoms with van der Waals surface area (Å²) in [6.07, 6.45) is 1.77. The quantitative estimate of drug-likeness (QED) is 0.762. The summed E-state index contributed by atoms with van der Waals surface area (Å²) in [4.78, 5) is 24.4. The average Bonchev–Trinajstić information content (AvgIpc) is 3.08. The molecule has 0 unspecified atom stereocenters. The minimum absolute atomic E-state index is 0.120. The molecule has 0 aliphatic heterocycles. The number of benzene rings is 1. The summed E-state index contributed by atoms with van der Waals surface area (Å²) in [7, 11) is 1.59. The monoisotopic (exact) mass is 326 g/mol. The van der Waals surface area contributed by atoms with E-state index in [9.17, 15) is 9.59 Å². The SMILES string of the molecule is COc1cccc(CNC(=O)Cn2nc(C)n3cccc3c2=O)c1. The van der Waals surface area contributed by atoms with Crippen molar-refractivity contribution in [2.75, 3.05) is 7.11 Å². The first kappa shape index (κ1) is 15.8. The van der Waals surface area contributed by atoms with Crippen molar-refractivity contribution in [2.24, 2.45) is 0 Å². The van der Waals surface area contributed by atoms with Crippen LogP contribution >= 0.6 is 0 Å². The Morgan fingerprint density at radius 3 is 2.92 bits per heavy atom. The summed E-state index contributed by atoms with van der Waals surface area (Å²) in [5.41, 5.74) is 1.13. The standard InChI is InChI=1S/C17H18N4O3/c1-12-19-21(17(23)15-7-4-8-20(12)15)11-16(22)18-10-13-5-3-6-14(9-13)24-2/h3-9H,10-11H2,1-2H3,(H,18,22). The molecule has 124 valence electrons. The second-order valence-electron chi connectivity index (χ2n) is 5.40. The molecule has 0 spiro atoms. The lowest BCUT2D eigenvalue weighted by atomic mass is 10.2. The molecule has 0 saturated carbocycles. The molecule has 1 amide bonds. The van der Waals surface area contributed by atoms with Crippen molar-refractivity contribution in [1.82, 2.24) is 19.5 Å². The fourth-order valence-corrected chi connectivity index (χ4v) is 2.52. The van der Waals surface area contributed by atoms with E-state index in [4.69, 9.17) is 4.74 Å². The Morgan fingerprint density at radius 1 is 1.29 bits per heavy atom. The van der Waals surface area contributed by atoms with Crippen molar-refractivity contribution in [3.63, 3.8) is 0 Å². The Morgan fingerprint density at radius 2 is 2.12 bits per heavy atom. The molecule has 0 saturated heterocycles. The molecule has 3 aromatic rings. The van der Waals surface area contributed by atoms with Crippen LogP contribution in [0.1, 0.15) is 11.4 Å². The Labute approximate surface area is 138 Å². The fraction of sp³-hybridized carbons (Fsp3) is 0.235. The molecule has 7 nitrogen and oxygen atoms in total. The van der Waals surface area contributed by atoms with Crippen molar-refractivity contribution in [1.29, 1.82) is 0 Å². The maximum atomic E-state index is 12.3. The largest absolute Gasteiger partial charge is 0.497 e. The van der Waals surface area contributed by atoms with Crippen LogP contribution in [0, 0.1) is 6.92 Å². The predicted molar refractivity (Wildman–Crippen MR) is 89.0 cm³/mol. The highest BCUT2D eigenvalue weighted by Crippen LogP contribution is 2.12. The minimum atomic E-state index is -0.290. The van der Waals surface area contributed by atoms with Gasteiger partial charge in [0, 0.05) is 12.7 Å². The first-order chi connectivity index (χ1) is 11.6. The van der Waals surface area contributed by atoms with Crippen molar-refractivity contribution in [2.45, 2.75) is 20.0 Å². The molecular formula is C17H18N4O3. The normalized spacial score (nSPS) is 10.8. The van der Waals surface area contributed by atoms with E-state index in [1.165, 1.54) is 4.68 Å². The van der Waals surface area contributed by atoms with E-state index in [1.807, 2.05) is 24.3 Å². The van der Waals surface area contributed by atoms with E-state index < -0.39 is 0 Å². The number of nitrogens with one attached hydrogen (secondary N) is 1. The molecule has 1 aromatic carbocycles. The van der Waals surface area contributed by atoms with E-state index in [1.54, 1.807) is 36.8 Å². The van der Waals surface area contributed by atoms with Crippen LogP contribution in [0.5, 0.6) is 5.75 Å². The van der Waals surface area contributed by atoms with Crippen molar-refractivity contribution >= 4 is 11.4 Å². The van der Waals surface area contributed by atoms with Gasteiger partial charge >= 0.3 is 0 Å². The summed E-state index contributed by atoms with van der Waals surface area (Å²) in [6.45, 7) is 2.03. The molecule has 0 bridgehead atoms. The zero-order chi connectivity index (χ0) is 17.1. The first-order valence-electron chi connectivity index (χ1n) is 7.53. The molecule has 0 atom stereocenters. The summed E-state index contributed by atoms with van der Waals surface area (Å²) >= 11 is 0. The third-order valence-corrected chi connectivity index (χ3v) is 3.73. The lowest BCUT2D eigenvalue weighted by Gasteiger charge is -2.09. The molecule has 0 fully saturated rings. The van der Waals surface area contributed by atoms with Crippen LogP contribution in [0.25, 0.3) is 5.52 Å². The number of fused-ring (bicyclic) bond motifs is 1. The van der Waals surface area contributed by atoms with E-state index in [0.29, 0.717) is 17.9 Å². The van der Waals surface area contributed by atoms with E-state index in [2.05, 4.69) is 10.4 Å². The molecule has 24 heavy (non-hydrogen) atoms. The summed E-state index contributed by atoms with van der Waals surface area (Å²) in [6, 6.07) is 10.9. The van der Waals surface area contributed by atoms with Gasteiger partial charge in [0.25, 0.3) is 5.56 Å². The van der Waals surface area contributed by atoms with Crippen molar-refractivity contribution in [3.05, 3.63) is 64.3 Å². The van der Waals surface area contributed by atoms with Gasteiger partial charge in [-0.1, -0.05) is 12.1 Å². The van der Waals surface area contributed by atoms with Gasteiger partial charge in [0.15, 0.2) is 0 Å². The molecular weight excluding hydrogens is 308 g/mol. The van der Waals surface area contributed by atoms with Gasteiger partial charge in [0.1, 0.15) is 23.6 Å². The number of nitrogens with zero attached hydrogens (tertiary/aromatic N) is 3. The van der Waals surface area contributed by atoms with Gasteiger partial charge in [0.05, 0.1) is 7.11 Å². The van der Waals surface area contributed by atoms with Gasteiger partial charge in [-0.25, -0.2) is 4.68 Å².